The van der Waals surface area contributed by atoms with Crippen LogP contribution >= 0.6 is 15.9 Å². The molecular weight excluding hydrogens is 402 g/mol. The van der Waals surface area contributed by atoms with E-state index in [9.17, 15) is 4.79 Å². The van der Waals surface area contributed by atoms with Gasteiger partial charge in [0.2, 0.25) is 5.91 Å². The Balaban J connectivity index is 1.41. The Bertz CT molecular complexity index is 859. The number of halogens is 1. The number of para-hydroxylation sites is 1. The number of hydrogen-bond donors (Lipinski definition) is 1. The monoisotopic (exact) mass is 425 g/mol. The summed E-state index contributed by atoms with van der Waals surface area (Å²) < 4.78 is 2.93. The van der Waals surface area contributed by atoms with Crippen molar-refractivity contribution in [3.8, 4) is 5.69 Å². The first-order valence-electron chi connectivity index (χ1n) is 9.23. The molecule has 0 aliphatic carbocycles. The summed E-state index contributed by atoms with van der Waals surface area (Å²) in [5.41, 5.74) is 3.37. The van der Waals surface area contributed by atoms with Crippen molar-refractivity contribution in [2.45, 2.75) is 38.6 Å². The minimum Gasteiger partial charge on any atom is -0.354 e. The molecule has 1 amide bonds. The van der Waals surface area contributed by atoms with Gasteiger partial charge in [0, 0.05) is 23.1 Å². The molecule has 1 heterocycles. The van der Waals surface area contributed by atoms with E-state index in [1.165, 1.54) is 5.56 Å². The topological polar surface area (TPSA) is 46.9 Å². The second-order valence-corrected chi connectivity index (χ2v) is 7.68. The van der Waals surface area contributed by atoms with E-state index in [-0.39, 0.29) is 11.9 Å². The molecule has 0 aliphatic rings. The lowest BCUT2D eigenvalue weighted by Crippen LogP contribution is -2.33. The molecule has 1 unspecified atom stereocenters. The maximum atomic E-state index is 12.2. The number of aryl methyl sites for hydroxylation is 2. The summed E-state index contributed by atoms with van der Waals surface area (Å²) in [6.07, 6.45) is 6.87. The zero-order chi connectivity index (χ0) is 19.1. The van der Waals surface area contributed by atoms with Gasteiger partial charge in [-0.3, -0.25) is 4.79 Å². The lowest BCUT2D eigenvalue weighted by atomic mass is 10.1. The molecule has 140 valence electrons. The molecule has 3 aromatic rings. The number of carbonyl (C=O) groups is 1. The van der Waals surface area contributed by atoms with Gasteiger partial charge in [0.25, 0.3) is 0 Å². The molecule has 27 heavy (non-hydrogen) atoms. The van der Waals surface area contributed by atoms with Crippen LogP contribution in [0.5, 0.6) is 0 Å². The van der Waals surface area contributed by atoms with Crippen LogP contribution in [0.25, 0.3) is 5.69 Å². The van der Waals surface area contributed by atoms with Gasteiger partial charge >= 0.3 is 0 Å². The van der Waals surface area contributed by atoms with Crippen LogP contribution in [0.4, 0.5) is 0 Å². The van der Waals surface area contributed by atoms with Crippen LogP contribution < -0.4 is 5.32 Å². The quantitative estimate of drug-likeness (QED) is 0.568. The predicted molar refractivity (Wildman–Crippen MR) is 112 cm³/mol. The predicted octanol–water partition coefficient (Wildman–Crippen LogP) is 4.70. The number of amides is 1. The van der Waals surface area contributed by atoms with Crippen LogP contribution in [0, 0.1) is 0 Å². The third kappa shape index (κ3) is 6.07. The van der Waals surface area contributed by atoms with Gasteiger partial charge in [0.05, 0.1) is 11.9 Å². The fourth-order valence-corrected chi connectivity index (χ4v) is 3.19. The Morgan fingerprint density at radius 2 is 1.81 bits per heavy atom. The molecule has 0 saturated heterocycles. The Morgan fingerprint density at radius 3 is 2.56 bits per heavy atom. The van der Waals surface area contributed by atoms with E-state index in [4.69, 9.17) is 0 Å². The van der Waals surface area contributed by atoms with Gasteiger partial charge in [-0.15, -0.1) is 0 Å². The van der Waals surface area contributed by atoms with Crippen molar-refractivity contribution >= 4 is 21.8 Å². The highest BCUT2D eigenvalue weighted by Crippen LogP contribution is 2.13. The lowest BCUT2D eigenvalue weighted by molar-refractivity contribution is -0.121. The number of nitrogens with one attached hydrogen (secondary N) is 1. The van der Waals surface area contributed by atoms with Crippen LogP contribution in [0.1, 0.15) is 30.9 Å². The van der Waals surface area contributed by atoms with Crippen molar-refractivity contribution < 1.29 is 4.79 Å². The molecule has 2 aromatic carbocycles. The first kappa shape index (κ1) is 19.4. The van der Waals surface area contributed by atoms with Crippen molar-refractivity contribution in [1.29, 1.82) is 0 Å². The van der Waals surface area contributed by atoms with E-state index in [2.05, 4.69) is 45.4 Å². The highest BCUT2D eigenvalue weighted by molar-refractivity contribution is 9.10. The number of nitrogens with zero attached hydrogens (tertiary/aromatic N) is 2. The molecule has 1 aromatic heterocycles. The van der Waals surface area contributed by atoms with Gasteiger partial charge in [-0.05, 0) is 61.6 Å². The zero-order valence-corrected chi connectivity index (χ0v) is 17.0. The molecule has 0 aliphatic heterocycles. The molecule has 5 heteroatoms. The van der Waals surface area contributed by atoms with Gasteiger partial charge in [-0.2, -0.15) is 5.10 Å². The summed E-state index contributed by atoms with van der Waals surface area (Å²) >= 11 is 3.45. The van der Waals surface area contributed by atoms with E-state index in [0.717, 1.165) is 28.6 Å². The summed E-state index contributed by atoms with van der Waals surface area (Å²) in [5.74, 6) is 0.0887. The van der Waals surface area contributed by atoms with E-state index in [1.54, 1.807) is 0 Å². The Hall–Kier alpha value is -2.40. The Kier molecular flexibility index (Phi) is 6.82. The van der Waals surface area contributed by atoms with Gasteiger partial charge in [-0.1, -0.05) is 46.3 Å². The first-order chi connectivity index (χ1) is 13.1. The third-order valence-electron chi connectivity index (χ3n) is 4.48. The minimum atomic E-state index is 0.0887. The van der Waals surface area contributed by atoms with Gasteiger partial charge in [0.15, 0.2) is 0 Å². The van der Waals surface area contributed by atoms with E-state index in [1.807, 2.05) is 59.5 Å². The molecule has 0 radical (unpaired) electrons. The highest BCUT2D eigenvalue weighted by Gasteiger charge is 2.09. The standard InChI is InChI=1S/C22H24BrN3O/c1-17(7-8-18-9-12-20(23)13-10-18)25-22(27)14-11-19-15-24-26(16-19)21-5-3-2-4-6-21/h2-6,9-10,12-13,15-17H,7-8,11,14H2,1H3,(H,25,27). The second kappa shape index (κ2) is 9.51. The summed E-state index contributed by atoms with van der Waals surface area (Å²) in [6.45, 7) is 2.06. The second-order valence-electron chi connectivity index (χ2n) is 6.76. The van der Waals surface area contributed by atoms with E-state index in [0.29, 0.717) is 12.8 Å². The van der Waals surface area contributed by atoms with Crippen LogP contribution in [0.2, 0.25) is 0 Å². The SMILES string of the molecule is CC(CCc1ccc(Br)cc1)NC(=O)CCc1cnn(-c2ccccc2)c1. The summed E-state index contributed by atoms with van der Waals surface area (Å²) in [5, 5.41) is 7.47. The summed E-state index contributed by atoms with van der Waals surface area (Å²) in [7, 11) is 0. The largest absolute Gasteiger partial charge is 0.354 e. The smallest absolute Gasteiger partial charge is 0.220 e. The number of carbonyl (C=O) groups excluding carboxylic acids is 1. The normalized spacial score (nSPS) is 11.9. The van der Waals surface area contributed by atoms with Crippen molar-refractivity contribution in [2.24, 2.45) is 0 Å². The van der Waals surface area contributed by atoms with E-state index < -0.39 is 0 Å². The van der Waals surface area contributed by atoms with Crippen molar-refractivity contribution in [3.63, 3.8) is 0 Å². The molecule has 3 rings (SSSR count). The molecule has 0 fully saturated rings. The molecule has 4 nitrogen and oxygen atoms in total. The number of benzene rings is 2. The molecule has 1 N–H and O–H groups in total. The molecule has 0 bridgehead atoms. The van der Waals surface area contributed by atoms with Crippen molar-refractivity contribution in [3.05, 3.63) is 82.6 Å². The highest BCUT2D eigenvalue weighted by atomic mass is 79.9. The van der Waals surface area contributed by atoms with E-state index >= 15 is 0 Å². The zero-order valence-electron chi connectivity index (χ0n) is 15.4. The van der Waals surface area contributed by atoms with Gasteiger partial charge in [0.1, 0.15) is 0 Å². The average Bonchev–Trinajstić information content (AvgIpc) is 3.16. The van der Waals surface area contributed by atoms with Crippen LogP contribution in [-0.4, -0.2) is 21.7 Å². The van der Waals surface area contributed by atoms with Gasteiger partial charge in [-0.25, -0.2) is 4.68 Å². The maximum absolute atomic E-state index is 12.2. The fourth-order valence-electron chi connectivity index (χ4n) is 2.92. The minimum absolute atomic E-state index is 0.0887. The molecule has 0 saturated carbocycles. The molecule has 1 atom stereocenters. The fraction of sp³-hybridized carbons (Fsp3) is 0.273. The maximum Gasteiger partial charge on any atom is 0.220 e. The summed E-state index contributed by atoms with van der Waals surface area (Å²) in [6, 6.07) is 18.5. The summed E-state index contributed by atoms with van der Waals surface area (Å²) in [4.78, 5) is 12.2. The number of rotatable bonds is 8. The van der Waals surface area contributed by atoms with Crippen LogP contribution in [-0.2, 0) is 17.6 Å². The van der Waals surface area contributed by atoms with Gasteiger partial charge < -0.3 is 5.32 Å². The third-order valence-corrected chi connectivity index (χ3v) is 5.01. The average molecular weight is 426 g/mol. The number of hydrogen-bond acceptors (Lipinski definition) is 2. The van der Waals surface area contributed by atoms with Crippen molar-refractivity contribution in [1.82, 2.24) is 15.1 Å². The molecule has 0 spiro atoms. The van der Waals surface area contributed by atoms with Crippen molar-refractivity contribution in [2.75, 3.05) is 0 Å². The number of aromatic nitrogens is 2. The van der Waals surface area contributed by atoms with Crippen LogP contribution in [0.3, 0.4) is 0 Å². The Morgan fingerprint density at radius 1 is 1.07 bits per heavy atom. The molecular formula is C22H24BrN3O. The van der Waals surface area contributed by atoms with Crippen LogP contribution in [0.15, 0.2) is 71.5 Å². The first-order valence-corrected chi connectivity index (χ1v) is 10.0. The Labute approximate surface area is 168 Å². The lowest BCUT2D eigenvalue weighted by Gasteiger charge is -2.13.